The highest BCUT2D eigenvalue weighted by molar-refractivity contribution is 7.89. The summed E-state index contributed by atoms with van der Waals surface area (Å²) in [7, 11) is -4.08. The first-order valence-electron chi connectivity index (χ1n) is 5.53. The summed E-state index contributed by atoms with van der Waals surface area (Å²) in [5.41, 5.74) is 0. The van der Waals surface area contributed by atoms with E-state index in [0.717, 1.165) is 16.4 Å². The van der Waals surface area contributed by atoms with Gasteiger partial charge in [0.1, 0.15) is 17.7 Å². The number of hydrogen-bond acceptors (Lipinski definition) is 4. The van der Waals surface area contributed by atoms with Crippen LogP contribution in [0.4, 0.5) is 8.78 Å². The SMILES string of the molecule is N#CC1CNCCN1S(=O)(=O)c1cc(F)cc(F)c1. The van der Waals surface area contributed by atoms with Gasteiger partial charge in [-0.1, -0.05) is 0 Å². The first-order chi connectivity index (χ1) is 8.95. The summed E-state index contributed by atoms with van der Waals surface area (Å²) in [5.74, 6) is -1.94. The van der Waals surface area contributed by atoms with Crippen molar-refractivity contribution in [3.63, 3.8) is 0 Å². The molecule has 0 aromatic heterocycles. The van der Waals surface area contributed by atoms with Crippen LogP contribution in [0.25, 0.3) is 0 Å². The molecule has 1 aliphatic rings. The molecular formula is C11H11F2N3O2S. The Bertz CT molecular complexity index is 607. The standard InChI is InChI=1S/C11H11F2N3O2S/c12-8-3-9(13)5-11(4-8)19(17,18)16-2-1-15-7-10(16)6-14/h3-5,10,15H,1-2,7H2. The second kappa shape index (κ2) is 5.21. The third-order valence-electron chi connectivity index (χ3n) is 2.79. The van der Waals surface area contributed by atoms with Crippen LogP contribution >= 0.6 is 0 Å². The van der Waals surface area contributed by atoms with Crippen LogP contribution in [-0.4, -0.2) is 38.4 Å². The van der Waals surface area contributed by atoms with Gasteiger partial charge in [0.15, 0.2) is 0 Å². The number of nitrogens with zero attached hydrogens (tertiary/aromatic N) is 2. The summed E-state index contributed by atoms with van der Waals surface area (Å²) in [6, 6.07) is 3.06. The number of rotatable bonds is 2. The zero-order chi connectivity index (χ0) is 14.0. The van der Waals surface area contributed by atoms with Crippen LogP contribution in [0.3, 0.4) is 0 Å². The lowest BCUT2D eigenvalue weighted by Gasteiger charge is -2.30. The van der Waals surface area contributed by atoms with E-state index < -0.39 is 32.6 Å². The summed E-state index contributed by atoms with van der Waals surface area (Å²) in [4.78, 5) is -0.479. The molecule has 1 unspecified atom stereocenters. The molecule has 0 spiro atoms. The average molecular weight is 287 g/mol. The maximum atomic E-state index is 13.1. The Hall–Kier alpha value is -1.56. The molecule has 1 atom stereocenters. The lowest BCUT2D eigenvalue weighted by atomic mass is 10.3. The van der Waals surface area contributed by atoms with E-state index in [2.05, 4.69) is 5.32 Å². The van der Waals surface area contributed by atoms with Gasteiger partial charge in [0, 0.05) is 25.7 Å². The average Bonchev–Trinajstić information content (AvgIpc) is 2.37. The Labute approximate surface area is 109 Å². The Morgan fingerprint density at radius 3 is 2.53 bits per heavy atom. The highest BCUT2D eigenvalue weighted by Gasteiger charge is 2.34. The van der Waals surface area contributed by atoms with Gasteiger partial charge in [-0.15, -0.1) is 0 Å². The van der Waals surface area contributed by atoms with E-state index in [9.17, 15) is 17.2 Å². The molecule has 1 aromatic carbocycles. The fourth-order valence-electron chi connectivity index (χ4n) is 1.90. The molecule has 19 heavy (non-hydrogen) atoms. The molecule has 1 heterocycles. The van der Waals surface area contributed by atoms with Gasteiger partial charge in [0.05, 0.1) is 11.0 Å². The topological polar surface area (TPSA) is 73.2 Å². The molecule has 0 radical (unpaired) electrons. The number of hydrogen-bond donors (Lipinski definition) is 1. The largest absolute Gasteiger partial charge is 0.313 e. The fourth-order valence-corrected chi connectivity index (χ4v) is 3.48. The minimum Gasteiger partial charge on any atom is -0.313 e. The van der Waals surface area contributed by atoms with E-state index in [4.69, 9.17) is 5.26 Å². The minimum atomic E-state index is -4.08. The number of halogens is 2. The lowest BCUT2D eigenvalue weighted by molar-refractivity contribution is 0.311. The van der Waals surface area contributed by atoms with Crippen LogP contribution in [0.15, 0.2) is 23.1 Å². The molecule has 0 amide bonds. The molecule has 0 bridgehead atoms. The maximum Gasteiger partial charge on any atom is 0.244 e. The first kappa shape index (κ1) is 13.9. The van der Waals surface area contributed by atoms with Crippen molar-refractivity contribution in [2.45, 2.75) is 10.9 Å². The second-order valence-electron chi connectivity index (χ2n) is 4.07. The number of sulfonamides is 1. The molecule has 1 saturated heterocycles. The van der Waals surface area contributed by atoms with E-state index in [1.165, 1.54) is 0 Å². The highest BCUT2D eigenvalue weighted by atomic mass is 32.2. The van der Waals surface area contributed by atoms with Gasteiger partial charge < -0.3 is 5.32 Å². The quantitative estimate of drug-likeness (QED) is 0.857. The summed E-state index contributed by atoms with van der Waals surface area (Å²) in [5, 5.41) is 11.8. The number of nitriles is 1. The van der Waals surface area contributed by atoms with Crippen molar-refractivity contribution in [3.8, 4) is 6.07 Å². The normalized spacial score (nSPS) is 21.0. The van der Waals surface area contributed by atoms with Crippen molar-refractivity contribution in [2.24, 2.45) is 0 Å². The van der Waals surface area contributed by atoms with Crippen molar-refractivity contribution < 1.29 is 17.2 Å². The molecule has 2 rings (SSSR count). The van der Waals surface area contributed by atoms with Gasteiger partial charge in [-0.3, -0.25) is 0 Å². The molecule has 1 aromatic rings. The van der Waals surface area contributed by atoms with Gasteiger partial charge in [0.2, 0.25) is 10.0 Å². The molecule has 1 N–H and O–H groups in total. The van der Waals surface area contributed by atoms with E-state index >= 15 is 0 Å². The Morgan fingerprint density at radius 2 is 1.95 bits per heavy atom. The predicted molar refractivity (Wildman–Crippen MR) is 62.5 cm³/mol. The molecule has 1 aliphatic heterocycles. The van der Waals surface area contributed by atoms with Crippen molar-refractivity contribution in [1.82, 2.24) is 9.62 Å². The monoisotopic (exact) mass is 287 g/mol. The van der Waals surface area contributed by atoms with Crippen LogP contribution in [0, 0.1) is 23.0 Å². The van der Waals surface area contributed by atoms with Gasteiger partial charge in [-0.25, -0.2) is 17.2 Å². The number of benzene rings is 1. The van der Waals surface area contributed by atoms with Gasteiger partial charge in [0.25, 0.3) is 0 Å². The zero-order valence-electron chi connectivity index (χ0n) is 9.81. The summed E-state index contributed by atoms with van der Waals surface area (Å²) in [6.07, 6.45) is 0. The van der Waals surface area contributed by atoms with Gasteiger partial charge >= 0.3 is 0 Å². The smallest absolute Gasteiger partial charge is 0.244 e. The van der Waals surface area contributed by atoms with E-state index in [-0.39, 0.29) is 13.1 Å². The Balaban J connectivity index is 2.44. The van der Waals surface area contributed by atoms with Crippen molar-refractivity contribution >= 4 is 10.0 Å². The van der Waals surface area contributed by atoms with E-state index in [1.54, 1.807) is 0 Å². The van der Waals surface area contributed by atoms with Gasteiger partial charge in [-0.2, -0.15) is 9.57 Å². The Kier molecular flexibility index (Phi) is 3.80. The van der Waals surface area contributed by atoms with Crippen LogP contribution < -0.4 is 5.32 Å². The van der Waals surface area contributed by atoms with Crippen LogP contribution in [-0.2, 0) is 10.0 Å². The third kappa shape index (κ3) is 2.73. The molecular weight excluding hydrogens is 276 g/mol. The Morgan fingerprint density at radius 1 is 1.32 bits per heavy atom. The molecule has 102 valence electrons. The number of piperazine rings is 1. The molecule has 8 heteroatoms. The lowest BCUT2D eigenvalue weighted by Crippen LogP contribution is -2.52. The van der Waals surface area contributed by atoms with Crippen molar-refractivity contribution in [2.75, 3.05) is 19.6 Å². The van der Waals surface area contributed by atoms with Crippen LogP contribution in [0.5, 0.6) is 0 Å². The van der Waals surface area contributed by atoms with Gasteiger partial charge in [-0.05, 0) is 12.1 Å². The van der Waals surface area contributed by atoms with Crippen molar-refractivity contribution in [3.05, 3.63) is 29.8 Å². The first-order valence-corrected chi connectivity index (χ1v) is 6.97. The summed E-state index contributed by atoms with van der Waals surface area (Å²) >= 11 is 0. The molecule has 5 nitrogen and oxygen atoms in total. The number of nitrogens with one attached hydrogen (secondary N) is 1. The molecule has 1 fully saturated rings. The fraction of sp³-hybridized carbons (Fsp3) is 0.364. The zero-order valence-corrected chi connectivity index (χ0v) is 10.6. The highest BCUT2D eigenvalue weighted by Crippen LogP contribution is 2.21. The van der Waals surface area contributed by atoms with Crippen LogP contribution in [0.2, 0.25) is 0 Å². The summed E-state index contributed by atoms with van der Waals surface area (Å²) in [6.45, 7) is 0.654. The molecule has 0 aliphatic carbocycles. The van der Waals surface area contributed by atoms with E-state index in [0.29, 0.717) is 12.6 Å². The predicted octanol–water partition coefficient (Wildman–Crippen LogP) is 0.451. The van der Waals surface area contributed by atoms with Crippen molar-refractivity contribution in [1.29, 1.82) is 5.26 Å². The minimum absolute atomic E-state index is 0.0820. The van der Waals surface area contributed by atoms with E-state index in [1.807, 2.05) is 6.07 Å². The third-order valence-corrected chi connectivity index (χ3v) is 4.67. The molecule has 0 saturated carbocycles. The maximum absolute atomic E-state index is 13.1. The second-order valence-corrected chi connectivity index (χ2v) is 5.96. The summed E-state index contributed by atoms with van der Waals surface area (Å²) < 4.78 is 51.7. The van der Waals surface area contributed by atoms with Crippen LogP contribution in [0.1, 0.15) is 0 Å².